The van der Waals surface area contributed by atoms with E-state index in [1.54, 1.807) is 42.6 Å². The number of hydrogen-bond acceptors (Lipinski definition) is 10. The summed E-state index contributed by atoms with van der Waals surface area (Å²) in [5.74, 6) is -0.490. The predicted octanol–water partition coefficient (Wildman–Crippen LogP) is 2.45. The van der Waals surface area contributed by atoms with Crippen LogP contribution >= 0.6 is 22.9 Å². The van der Waals surface area contributed by atoms with Gasteiger partial charge in [0.2, 0.25) is 5.78 Å². The Hall–Kier alpha value is -2.45. The molecule has 5 N–H and O–H groups in total. The van der Waals surface area contributed by atoms with E-state index in [1.165, 1.54) is 23.9 Å². The fourth-order valence-corrected chi connectivity index (χ4v) is 5.71. The van der Waals surface area contributed by atoms with Crippen molar-refractivity contribution in [1.82, 2.24) is 9.97 Å². The van der Waals surface area contributed by atoms with Gasteiger partial charge in [-0.2, -0.15) is 8.42 Å². The number of nitrogens with one attached hydrogen (secondary N) is 1. The molecule has 1 aliphatic carbocycles. The molecule has 10 nitrogen and oxygen atoms in total. The first-order valence-electron chi connectivity index (χ1n) is 11.0. The van der Waals surface area contributed by atoms with Crippen LogP contribution in [0.15, 0.2) is 48.2 Å². The zero-order valence-corrected chi connectivity index (χ0v) is 21.6. The Kier molecular flexibility index (Phi) is 7.76. The molecule has 0 amide bonds. The van der Waals surface area contributed by atoms with Gasteiger partial charge in [0.1, 0.15) is 17.7 Å². The lowest BCUT2D eigenvalue weighted by atomic mass is 9.90. The molecular weight excluding hydrogens is 528 g/mol. The van der Waals surface area contributed by atoms with Crippen molar-refractivity contribution >= 4 is 44.8 Å². The van der Waals surface area contributed by atoms with Crippen LogP contribution in [0.3, 0.4) is 0 Å². The van der Waals surface area contributed by atoms with Gasteiger partial charge in [-0.25, -0.2) is 15.1 Å². The molecule has 2 aromatic heterocycles. The minimum atomic E-state index is -4.11. The van der Waals surface area contributed by atoms with Gasteiger partial charge in [0.25, 0.3) is 0 Å². The van der Waals surface area contributed by atoms with Crippen molar-refractivity contribution in [1.29, 1.82) is 0 Å². The SMILES string of the molecule is C[C@](O)(c1cccc(Cl)c1)c1csc(C(=O)c2cncnc2N[C@@H]2C[C@H](COS(N)(=O)=O)[C@@H](O)C2)c1. The van der Waals surface area contributed by atoms with Gasteiger partial charge in [-0.05, 0) is 54.5 Å². The van der Waals surface area contributed by atoms with Crippen LogP contribution in [0.5, 0.6) is 0 Å². The van der Waals surface area contributed by atoms with Crippen LogP contribution < -0.4 is 10.5 Å². The Morgan fingerprint density at radius 1 is 1.33 bits per heavy atom. The Morgan fingerprint density at radius 3 is 2.83 bits per heavy atom. The Morgan fingerprint density at radius 2 is 2.11 bits per heavy atom. The zero-order valence-electron chi connectivity index (χ0n) is 19.2. The topological polar surface area (TPSA) is 165 Å². The lowest BCUT2D eigenvalue weighted by Gasteiger charge is -2.23. The van der Waals surface area contributed by atoms with Crippen molar-refractivity contribution in [2.75, 3.05) is 11.9 Å². The summed E-state index contributed by atoms with van der Waals surface area (Å²) in [6, 6.07) is 8.24. The van der Waals surface area contributed by atoms with E-state index in [9.17, 15) is 23.4 Å². The Bertz CT molecular complexity index is 1360. The van der Waals surface area contributed by atoms with Crippen molar-refractivity contribution in [2.24, 2.45) is 11.1 Å². The molecule has 0 spiro atoms. The molecule has 0 aliphatic heterocycles. The molecule has 0 bridgehead atoms. The molecule has 1 fully saturated rings. The van der Waals surface area contributed by atoms with Gasteiger partial charge in [0.05, 0.1) is 23.2 Å². The van der Waals surface area contributed by atoms with Gasteiger partial charge in [-0.1, -0.05) is 23.7 Å². The van der Waals surface area contributed by atoms with E-state index in [2.05, 4.69) is 19.5 Å². The highest BCUT2D eigenvalue weighted by Gasteiger charge is 2.35. The zero-order chi connectivity index (χ0) is 26.1. The van der Waals surface area contributed by atoms with Crippen LogP contribution in [0.25, 0.3) is 0 Å². The second kappa shape index (κ2) is 10.5. The van der Waals surface area contributed by atoms with Crippen LogP contribution in [0.2, 0.25) is 5.02 Å². The van der Waals surface area contributed by atoms with Gasteiger partial charge >= 0.3 is 10.3 Å². The summed E-state index contributed by atoms with van der Waals surface area (Å²) in [4.78, 5) is 21.9. The standard InChI is InChI=1S/C23H25ClN4O6S2/c1-23(31,14-3-2-4-16(24)6-14)15-7-20(35-11-15)21(30)18-9-26-12-27-22(18)28-17-5-13(19(29)8-17)10-34-36(25,32)33/h2-4,6-7,9,11-13,17,19,29,31H,5,8,10H2,1H3,(H2,25,32,33)(H,26,27,28)/t13-,17-,19+,23+/m1/s1. The molecule has 13 heteroatoms. The van der Waals surface area contributed by atoms with E-state index in [4.69, 9.17) is 16.7 Å². The second-order valence-electron chi connectivity index (χ2n) is 8.81. The number of benzene rings is 1. The summed E-state index contributed by atoms with van der Waals surface area (Å²) in [5.41, 5.74) is 0.00788. The average molecular weight is 553 g/mol. The maximum absolute atomic E-state index is 13.4. The molecule has 192 valence electrons. The second-order valence-corrected chi connectivity index (χ2v) is 11.4. The number of ketones is 1. The van der Waals surface area contributed by atoms with Crippen LogP contribution in [0, 0.1) is 5.92 Å². The van der Waals surface area contributed by atoms with Crippen molar-refractivity contribution in [3.63, 3.8) is 0 Å². The van der Waals surface area contributed by atoms with Crippen molar-refractivity contribution < 1.29 is 27.6 Å². The van der Waals surface area contributed by atoms with E-state index in [-0.39, 0.29) is 29.8 Å². The van der Waals surface area contributed by atoms with Gasteiger partial charge in [-0.15, -0.1) is 11.3 Å². The summed E-state index contributed by atoms with van der Waals surface area (Å²) in [7, 11) is -4.11. The van der Waals surface area contributed by atoms with E-state index in [0.29, 0.717) is 33.9 Å². The number of aliphatic hydroxyl groups is 2. The third-order valence-corrected chi connectivity index (χ3v) is 7.80. The molecule has 3 aromatic rings. The molecule has 0 radical (unpaired) electrons. The number of nitrogens with two attached hydrogens (primary N) is 1. The van der Waals surface area contributed by atoms with Crippen LogP contribution in [-0.2, 0) is 20.1 Å². The van der Waals surface area contributed by atoms with Crippen LogP contribution in [-0.4, -0.2) is 53.1 Å². The maximum atomic E-state index is 13.4. The number of hydrogen-bond donors (Lipinski definition) is 4. The van der Waals surface area contributed by atoms with E-state index < -0.39 is 27.9 Å². The molecule has 2 heterocycles. The van der Waals surface area contributed by atoms with Gasteiger partial charge in [0.15, 0.2) is 0 Å². The lowest BCUT2D eigenvalue weighted by Crippen LogP contribution is -2.24. The molecule has 36 heavy (non-hydrogen) atoms. The van der Waals surface area contributed by atoms with Crippen molar-refractivity contribution in [3.05, 3.63) is 74.8 Å². The molecule has 1 saturated carbocycles. The van der Waals surface area contributed by atoms with Crippen molar-refractivity contribution in [2.45, 2.75) is 37.5 Å². The summed E-state index contributed by atoms with van der Waals surface area (Å²) >= 11 is 7.27. The highest BCUT2D eigenvalue weighted by atomic mass is 35.5. The third-order valence-electron chi connectivity index (χ3n) is 6.17. The van der Waals surface area contributed by atoms with E-state index in [0.717, 1.165) is 0 Å². The minimum Gasteiger partial charge on any atom is -0.393 e. The average Bonchev–Trinajstić information content (AvgIpc) is 3.44. The summed E-state index contributed by atoms with van der Waals surface area (Å²) in [6.07, 6.45) is 2.59. The van der Waals surface area contributed by atoms with Crippen LogP contribution in [0.1, 0.15) is 46.1 Å². The van der Waals surface area contributed by atoms with E-state index in [1.807, 2.05) is 0 Å². The smallest absolute Gasteiger partial charge is 0.333 e. The molecular formula is C23H25ClN4O6S2. The molecule has 0 unspecified atom stereocenters. The van der Waals surface area contributed by atoms with Gasteiger partial charge < -0.3 is 15.5 Å². The number of rotatable bonds is 9. The first-order valence-corrected chi connectivity index (χ1v) is 13.7. The minimum absolute atomic E-state index is 0.229. The third kappa shape index (κ3) is 6.09. The summed E-state index contributed by atoms with van der Waals surface area (Å²) in [5, 5.41) is 31.7. The number of carbonyl (C=O) groups excluding carboxylic acids is 1. The highest BCUT2D eigenvalue weighted by Crippen LogP contribution is 2.35. The normalized spacial score (nSPS) is 21.8. The summed E-state index contributed by atoms with van der Waals surface area (Å²) < 4.78 is 26.8. The number of halogens is 1. The highest BCUT2D eigenvalue weighted by molar-refractivity contribution is 7.84. The van der Waals surface area contributed by atoms with E-state index >= 15 is 0 Å². The molecule has 1 aromatic carbocycles. The fraction of sp³-hybridized carbons (Fsp3) is 0.348. The molecule has 0 saturated heterocycles. The number of aliphatic hydroxyl groups excluding tert-OH is 1. The predicted molar refractivity (Wildman–Crippen MR) is 135 cm³/mol. The monoisotopic (exact) mass is 552 g/mol. The number of thiophene rings is 1. The maximum Gasteiger partial charge on any atom is 0.333 e. The summed E-state index contributed by atoms with van der Waals surface area (Å²) in [6.45, 7) is 1.40. The van der Waals surface area contributed by atoms with Crippen LogP contribution in [0.4, 0.5) is 5.82 Å². The molecule has 4 atom stereocenters. The first-order chi connectivity index (χ1) is 16.9. The quantitative estimate of drug-likeness (QED) is 0.292. The van der Waals surface area contributed by atoms with Gasteiger partial charge in [0, 0.05) is 23.2 Å². The number of anilines is 1. The first kappa shape index (κ1) is 26.6. The Balaban J connectivity index is 1.50. The largest absolute Gasteiger partial charge is 0.393 e. The van der Waals surface area contributed by atoms with Crippen molar-refractivity contribution in [3.8, 4) is 0 Å². The Labute approximate surface area is 217 Å². The van der Waals surface area contributed by atoms with Gasteiger partial charge in [-0.3, -0.25) is 8.98 Å². The number of carbonyl (C=O) groups is 1. The fourth-order valence-electron chi connectivity index (χ4n) is 4.19. The molecule has 1 aliphatic rings. The molecule has 4 rings (SSSR count). The number of nitrogens with zero attached hydrogens (tertiary/aromatic N) is 2. The number of aromatic nitrogens is 2. The lowest BCUT2D eigenvalue weighted by molar-refractivity contribution is 0.100.